The first kappa shape index (κ1) is 22.0. The first-order chi connectivity index (χ1) is 12.9. The molecule has 3 nitrogen and oxygen atoms in total. The molecule has 1 fully saturated rings. The van der Waals surface area contributed by atoms with Gasteiger partial charge in [0.2, 0.25) is 0 Å². The molecule has 0 amide bonds. The van der Waals surface area contributed by atoms with Crippen LogP contribution in [0.4, 0.5) is 26.3 Å². The fourth-order valence-corrected chi connectivity index (χ4v) is 3.42. The average molecular weight is 407 g/mol. The monoisotopic (exact) mass is 407 g/mol. The summed E-state index contributed by atoms with van der Waals surface area (Å²) in [6.07, 6.45) is -4.59. The second-order valence-corrected chi connectivity index (χ2v) is 6.77. The highest BCUT2D eigenvalue weighted by Gasteiger charge is 2.43. The zero-order valence-corrected chi connectivity index (χ0v) is 14.8. The van der Waals surface area contributed by atoms with Crippen molar-refractivity contribution in [3.8, 4) is 0 Å². The molecule has 1 aromatic carbocycles. The third-order valence-electron chi connectivity index (χ3n) is 4.92. The number of carboxylic acid groups (broad SMARTS) is 1. The van der Waals surface area contributed by atoms with Crippen molar-refractivity contribution >= 4 is 12.2 Å². The number of hydrogen-bond donors (Lipinski definition) is 1. The van der Waals surface area contributed by atoms with Crippen molar-refractivity contribution in [2.45, 2.75) is 50.0 Å². The summed E-state index contributed by atoms with van der Waals surface area (Å²) >= 11 is 0. The van der Waals surface area contributed by atoms with E-state index in [-0.39, 0.29) is 6.07 Å². The van der Waals surface area contributed by atoms with Gasteiger partial charge in [-0.15, -0.1) is 6.58 Å². The standard InChI is InChI=1S/C19H19F6NO2/c1-2-17(16(27)28,13-6-4-3-5-7-13)26-11-12-8-14(18(20,21)22)10-15(9-12)19(23,24)25/h2,8-11,13H,1,3-7H2,(H,27,28)/b26-11+. The van der Waals surface area contributed by atoms with Gasteiger partial charge in [-0.25, -0.2) is 4.79 Å². The van der Waals surface area contributed by atoms with Gasteiger partial charge in [0.25, 0.3) is 0 Å². The molecule has 1 atom stereocenters. The van der Waals surface area contributed by atoms with Crippen molar-refractivity contribution in [3.05, 3.63) is 47.5 Å². The van der Waals surface area contributed by atoms with Crippen LogP contribution < -0.4 is 0 Å². The Kier molecular flexibility index (Phi) is 6.25. The third kappa shape index (κ3) is 4.74. The SMILES string of the molecule is C=CC(/N=C/c1cc(C(F)(F)F)cc(C(F)(F)F)c1)(C(=O)O)C1CCCCC1. The van der Waals surface area contributed by atoms with Crippen molar-refractivity contribution in [1.82, 2.24) is 0 Å². The molecule has 1 saturated carbocycles. The molecule has 0 saturated heterocycles. The normalized spacial score (nSPS) is 18.8. The van der Waals surface area contributed by atoms with Crippen LogP contribution in [0.1, 0.15) is 48.8 Å². The number of halogens is 6. The second-order valence-electron chi connectivity index (χ2n) is 6.77. The number of rotatable bonds is 5. The van der Waals surface area contributed by atoms with Crippen LogP contribution in [0, 0.1) is 5.92 Å². The van der Waals surface area contributed by atoms with Crippen LogP contribution in [0.15, 0.2) is 35.8 Å². The van der Waals surface area contributed by atoms with E-state index in [0.29, 0.717) is 25.0 Å². The van der Waals surface area contributed by atoms with Crippen molar-refractivity contribution in [1.29, 1.82) is 0 Å². The Morgan fingerprint density at radius 3 is 1.89 bits per heavy atom. The first-order valence-corrected chi connectivity index (χ1v) is 8.62. The lowest BCUT2D eigenvalue weighted by Gasteiger charge is -2.33. The first-order valence-electron chi connectivity index (χ1n) is 8.62. The van der Waals surface area contributed by atoms with Gasteiger partial charge in [0.05, 0.1) is 11.1 Å². The number of aliphatic carboxylic acids is 1. The van der Waals surface area contributed by atoms with Gasteiger partial charge in [-0.1, -0.05) is 25.3 Å². The van der Waals surface area contributed by atoms with Crippen molar-refractivity contribution in [3.63, 3.8) is 0 Å². The summed E-state index contributed by atoms with van der Waals surface area (Å²) in [4.78, 5) is 15.8. The minimum atomic E-state index is -4.99. The lowest BCUT2D eigenvalue weighted by Crippen LogP contribution is -2.43. The number of carbonyl (C=O) groups is 1. The fourth-order valence-electron chi connectivity index (χ4n) is 3.42. The minimum Gasteiger partial charge on any atom is -0.479 e. The average Bonchev–Trinajstić information content (AvgIpc) is 2.61. The molecule has 0 heterocycles. The number of nitrogens with zero attached hydrogens (tertiary/aromatic N) is 1. The summed E-state index contributed by atoms with van der Waals surface area (Å²) in [5, 5.41) is 9.68. The lowest BCUT2D eigenvalue weighted by atomic mass is 9.75. The molecule has 9 heteroatoms. The maximum absolute atomic E-state index is 13.0. The topological polar surface area (TPSA) is 49.7 Å². The van der Waals surface area contributed by atoms with Crippen LogP contribution >= 0.6 is 0 Å². The molecular formula is C19H19F6NO2. The van der Waals surface area contributed by atoms with Crippen molar-refractivity contribution < 1.29 is 36.2 Å². The molecule has 1 unspecified atom stereocenters. The zero-order chi connectivity index (χ0) is 21.2. The van der Waals surface area contributed by atoms with E-state index in [1.54, 1.807) is 0 Å². The van der Waals surface area contributed by atoms with E-state index in [9.17, 15) is 36.2 Å². The summed E-state index contributed by atoms with van der Waals surface area (Å²) in [6, 6.07) is 1.03. The molecule has 0 aliphatic heterocycles. The van der Waals surface area contributed by atoms with Crippen LogP contribution in [-0.4, -0.2) is 22.8 Å². The highest BCUT2D eigenvalue weighted by Crippen LogP contribution is 2.38. The zero-order valence-electron chi connectivity index (χ0n) is 14.8. The van der Waals surface area contributed by atoms with Gasteiger partial charge in [0.15, 0.2) is 5.54 Å². The van der Waals surface area contributed by atoms with Crippen LogP contribution in [0.3, 0.4) is 0 Å². The number of hydrogen-bond acceptors (Lipinski definition) is 2. The van der Waals surface area contributed by atoms with Gasteiger partial charge in [0, 0.05) is 6.21 Å². The molecule has 1 N–H and O–H groups in total. The smallest absolute Gasteiger partial charge is 0.416 e. The molecule has 28 heavy (non-hydrogen) atoms. The Bertz CT molecular complexity index is 730. The summed E-state index contributed by atoms with van der Waals surface area (Å²) in [7, 11) is 0. The van der Waals surface area contributed by atoms with E-state index in [2.05, 4.69) is 11.6 Å². The Hall–Kier alpha value is -2.32. The van der Waals surface area contributed by atoms with E-state index in [4.69, 9.17) is 0 Å². The highest BCUT2D eigenvalue weighted by atomic mass is 19.4. The van der Waals surface area contributed by atoms with E-state index in [1.165, 1.54) is 0 Å². The summed E-state index contributed by atoms with van der Waals surface area (Å²) in [5.74, 6) is -1.77. The van der Waals surface area contributed by atoms with Gasteiger partial charge in [0.1, 0.15) is 0 Å². The Labute approximate surface area is 157 Å². The van der Waals surface area contributed by atoms with Crippen molar-refractivity contribution in [2.75, 3.05) is 0 Å². The number of alkyl halides is 6. The Morgan fingerprint density at radius 2 is 1.50 bits per heavy atom. The summed E-state index contributed by atoms with van der Waals surface area (Å²) < 4.78 is 77.8. The number of carboxylic acids is 1. The minimum absolute atomic E-state index is 0.0103. The van der Waals surface area contributed by atoms with Crippen molar-refractivity contribution in [2.24, 2.45) is 10.9 Å². The molecule has 0 radical (unpaired) electrons. The number of benzene rings is 1. The summed E-state index contributed by atoms with van der Waals surface area (Å²) in [6.45, 7) is 3.50. The number of aliphatic imine (C=N–C) groups is 1. The van der Waals surface area contributed by atoms with Crippen LogP contribution in [-0.2, 0) is 17.1 Å². The molecule has 0 aromatic heterocycles. The highest BCUT2D eigenvalue weighted by molar-refractivity contribution is 5.88. The van der Waals surface area contributed by atoms with Crippen LogP contribution in [0.2, 0.25) is 0 Å². The largest absolute Gasteiger partial charge is 0.479 e. The van der Waals surface area contributed by atoms with Gasteiger partial charge < -0.3 is 5.11 Å². The Balaban J connectivity index is 2.52. The molecule has 0 spiro atoms. The fraction of sp³-hybridized carbons (Fsp3) is 0.474. The molecule has 1 aliphatic rings. The summed E-state index contributed by atoms with van der Waals surface area (Å²) in [5.41, 5.74) is -5.25. The van der Waals surface area contributed by atoms with Gasteiger partial charge in [-0.3, -0.25) is 4.99 Å². The molecule has 1 aromatic rings. The van der Waals surface area contributed by atoms with E-state index >= 15 is 0 Å². The quantitative estimate of drug-likeness (QED) is 0.385. The van der Waals surface area contributed by atoms with Crippen LogP contribution in [0.25, 0.3) is 0 Å². The molecule has 1 aliphatic carbocycles. The third-order valence-corrected chi connectivity index (χ3v) is 4.92. The predicted octanol–water partition coefficient (Wildman–Crippen LogP) is 5.73. The molecule has 0 bridgehead atoms. The molecule has 2 rings (SSSR count). The lowest BCUT2D eigenvalue weighted by molar-refractivity contribution is -0.144. The Morgan fingerprint density at radius 1 is 1.00 bits per heavy atom. The van der Waals surface area contributed by atoms with E-state index in [1.807, 2.05) is 0 Å². The molecule has 154 valence electrons. The second kappa shape index (κ2) is 7.97. The van der Waals surface area contributed by atoms with Gasteiger partial charge in [-0.05, 0) is 42.5 Å². The predicted molar refractivity (Wildman–Crippen MR) is 91.2 cm³/mol. The molecular weight excluding hydrogens is 388 g/mol. The van der Waals surface area contributed by atoms with E-state index < -0.39 is 46.5 Å². The van der Waals surface area contributed by atoms with E-state index in [0.717, 1.165) is 31.6 Å². The van der Waals surface area contributed by atoms with Gasteiger partial charge in [-0.2, -0.15) is 26.3 Å². The van der Waals surface area contributed by atoms with Gasteiger partial charge >= 0.3 is 18.3 Å². The maximum Gasteiger partial charge on any atom is 0.416 e. The van der Waals surface area contributed by atoms with Crippen LogP contribution in [0.5, 0.6) is 0 Å². The maximum atomic E-state index is 13.0.